The molecule has 1 nitrogen and oxygen atoms in total. The van der Waals surface area contributed by atoms with E-state index in [1.54, 1.807) is 18.2 Å². The second-order valence-corrected chi connectivity index (χ2v) is 5.46. The SMILES string of the molecule is CNC(Cc1ccccc1F)c1ccc(F)cc1I. The van der Waals surface area contributed by atoms with E-state index in [9.17, 15) is 8.78 Å². The Morgan fingerprint density at radius 3 is 2.53 bits per heavy atom. The molecule has 0 aliphatic rings. The number of hydrogen-bond acceptors (Lipinski definition) is 1. The minimum atomic E-state index is -0.256. The van der Waals surface area contributed by atoms with E-state index in [1.807, 2.05) is 13.1 Å². The van der Waals surface area contributed by atoms with Crippen LogP contribution in [0.3, 0.4) is 0 Å². The Kier molecular flexibility index (Phi) is 4.87. The Morgan fingerprint density at radius 2 is 1.89 bits per heavy atom. The molecule has 0 saturated carbocycles. The maximum atomic E-state index is 13.7. The fraction of sp³-hybridized carbons (Fsp3) is 0.200. The molecule has 19 heavy (non-hydrogen) atoms. The molecule has 2 aromatic carbocycles. The Bertz CT molecular complexity index is 572. The van der Waals surface area contributed by atoms with Gasteiger partial charge in [0.25, 0.3) is 0 Å². The van der Waals surface area contributed by atoms with Crippen molar-refractivity contribution in [3.63, 3.8) is 0 Å². The quantitative estimate of drug-likeness (QED) is 0.797. The first-order valence-electron chi connectivity index (χ1n) is 5.97. The standard InChI is InChI=1S/C15H14F2IN/c1-19-15(8-10-4-2-3-5-13(10)17)12-7-6-11(16)9-14(12)18/h2-7,9,15,19H,8H2,1H3. The molecule has 0 aliphatic carbocycles. The molecule has 0 aliphatic heterocycles. The van der Waals surface area contributed by atoms with E-state index >= 15 is 0 Å². The normalized spacial score (nSPS) is 12.4. The number of halogens is 3. The predicted molar refractivity (Wildman–Crippen MR) is 81.0 cm³/mol. The van der Waals surface area contributed by atoms with Gasteiger partial charge in [0.15, 0.2) is 0 Å². The third-order valence-electron chi connectivity index (χ3n) is 3.07. The highest BCUT2D eigenvalue weighted by Crippen LogP contribution is 2.24. The Morgan fingerprint density at radius 1 is 1.16 bits per heavy atom. The molecular weight excluding hydrogens is 359 g/mol. The van der Waals surface area contributed by atoms with Crippen molar-refractivity contribution in [2.75, 3.05) is 7.05 Å². The summed E-state index contributed by atoms with van der Waals surface area (Å²) in [6, 6.07) is 11.4. The molecule has 100 valence electrons. The van der Waals surface area contributed by atoms with Crippen molar-refractivity contribution < 1.29 is 8.78 Å². The van der Waals surface area contributed by atoms with E-state index in [0.717, 1.165) is 9.13 Å². The monoisotopic (exact) mass is 373 g/mol. The van der Waals surface area contributed by atoms with Gasteiger partial charge in [-0.3, -0.25) is 0 Å². The van der Waals surface area contributed by atoms with Crippen molar-refractivity contribution >= 4 is 22.6 Å². The summed E-state index contributed by atoms with van der Waals surface area (Å²) in [7, 11) is 1.82. The third-order valence-corrected chi connectivity index (χ3v) is 4.00. The van der Waals surface area contributed by atoms with Crippen molar-refractivity contribution in [1.29, 1.82) is 0 Å². The molecule has 0 saturated heterocycles. The fourth-order valence-electron chi connectivity index (χ4n) is 2.04. The zero-order valence-electron chi connectivity index (χ0n) is 10.5. The Balaban J connectivity index is 2.28. The molecule has 1 N–H and O–H groups in total. The van der Waals surface area contributed by atoms with E-state index in [-0.39, 0.29) is 17.7 Å². The van der Waals surface area contributed by atoms with Crippen LogP contribution in [0.4, 0.5) is 8.78 Å². The lowest BCUT2D eigenvalue weighted by atomic mass is 9.98. The van der Waals surface area contributed by atoms with Gasteiger partial charge in [-0.2, -0.15) is 0 Å². The third kappa shape index (κ3) is 3.51. The minimum absolute atomic E-state index is 0.0376. The second-order valence-electron chi connectivity index (χ2n) is 4.30. The molecule has 0 fully saturated rings. The van der Waals surface area contributed by atoms with Crippen LogP contribution in [0, 0.1) is 15.2 Å². The number of benzene rings is 2. The van der Waals surface area contributed by atoms with Crippen LogP contribution in [0.15, 0.2) is 42.5 Å². The van der Waals surface area contributed by atoms with Gasteiger partial charge in [0.05, 0.1) is 0 Å². The van der Waals surface area contributed by atoms with Gasteiger partial charge in [0.1, 0.15) is 11.6 Å². The maximum Gasteiger partial charge on any atom is 0.126 e. The van der Waals surface area contributed by atoms with Crippen molar-refractivity contribution in [2.45, 2.75) is 12.5 Å². The predicted octanol–water partition coefficient (Wildman–Crippen LogP) is 4.07. The first kappa shape index (κ1) is 14.4. The molecule has 1 unspecified atom stereocenters. The first-order valence-corrected chi connectivity index (χ1v) is 7.05. The van der Waals surface area contributed by atoms with E-state index in [1.165, 1.54) is 18.2 Å². The van der Waals surface area contributed by atoms with E-state index in [0.29, 0.717) is 12.0 Å². The minimum Gasteiger partial charge on any atom is -0.313 e. The largest absolute Gasteiger partial charge is 0.313 e. The average molecular weight is 373 g/mol. The van der Waals surface area contributed by atoms with E-state index in [4.69, 9.17) is 0 Å². The molecule has 0 heterocycles. The van der Waals surface area contributed by atoms with Gasteiger partial charge in [-0.05, 0) is 65.4 Å². The van der Waals surface area contributed by atoms with Crippen molar-refractivity contribution in [1.82, 2.24) is 5.32 Å². The van der Waals surface area contributed by atoms with Crippen LogP contribution < -0.4 is 5.32 Å². The number of nitrogens with one attached hydrogen (secondary N) is 1. The van der Waals surface area contributed by atoms with E-state index < -0.39 is 0 Å². The van der Waals surface area contributed by atoms with Crippen LogP contribution in [0.1, 0.15) is 17.2 Å². The summed E-state index contributed by atoms with van der Waals surface area (Å²) < 4.78 is 27.6. The number of hydrogen-bond donors (Lipinski definition) is 1. The zero-order chi connectivity index (χ0) is 13.8. The molecule has 4 heteroatoms. The second kappa shape index (κ2) is 6.43. The fourth-order valence-corrected chi connectivity index (χ4v) is 2.89. The maximum absolute atomic E-state index is 13.7. The lowest BCUT2D eigenvalue weighted by Gasteiger charge is -2.18. The van der Waals surface area contributed by atoms with Crippen LogP contribution in [0.2, 0.25) is 0 Å². The van der Waals surface area contributed by atoms with E-state index in [2.05, 4.69) is 27.9 Å². The molecule has 0 amide bonds. The van der Waals surface area contributed by atoms with Gasteiger partial charge in [-0.25, -0.2) is 8.78 Å². The summed E-state index contributed by atoms with van der Waals surface area (Å²) in [5, 5.41) is 3.16. The van der Waals surface area contributed by atoms with Gasteiger partial charge < -0.3 is 5.32 Å². The Hall–Kier alpha value is -1.01. The summed E-state index contributed by atoms with van der Waals surface area (Å²) >= 11 is 2.10. The van der Waals surface area contributed by atoms with Gasteiger partial charge in [-0.1, -0.05) is 24.3 Å². The molecule has 1 atom stereocenters. The average Bonchev–Trinajstić information content (AvgIpc) is 2.39. The molecule has 0 spiro atoms. The summed E-state index contributed by atoms with van der Waals surface area (Å²) in [4.78, 5) is 0. The molecule has 0 bridgehead atoms. The van der Waals surface area contributed by atoms with Crippen LogP contribution in [0.25, 0.3) is 0 Å². The van der Waals surface area contributed by atoms with Gasteiger partial charge >= 0.3 is 0 Å². The topological polar surface area (TPSA) is 12.0 Å². The van der Waals surface area contributed by atoms with Crippen molar-refractivity contribution in [3.05, 3.63) is 68.8 Å². The highest BCUT2D eigenvalue weighted by Gasteiger charge is 2.15. The zero-order valence-corrected chi connectivity index (χ0v) is 12.6. The lowest BCUT2D eigenvalue weighted by Crippen LogP contribution is -2.20. The van der Waals surface area contributed by atoms with Crippen molar-refractivity contribution in [3.8, 4) is 0 Å². The highest BCUT2D eigenvalue weighted by atomic mass is 127. The summed E-state index contributed by atoms with van der Waals surface area (Å²) in [5.41, 5.74) is 1.63. The van der Waals surface area contributed by atoms with Crippen LogP contribution in [0.5, 0.6) is 0 Å². The Labute approximate surface area is 125 Å². The lowest BCUT2D eigenvalue weighted by molar-refractivity contribution is 0.550. The molecule has 0 radical (unpaired) electrons. The summed E-state index contributed by atoms with van der Waals surface area (Å²) in [6.07, 6.45) is 0.533. The molecular formula is C15H14F2IN. The van der Waals surface area contributed by atoms with Crippen LogP contribution in [-0.2, 0) is 6.42 Å². The van der Waals surface area contributed by atoms with Gasteiger partial charge in [-0.15, -0.1) is 0 Å². The van der Waals surface area contributed by atoms with Gasteiger partial charge in [0, 0.05) is 9.61 Å². The van der Waals surface area contributed by atoms with Gasteiger partial charge in [0.2, 0.25) is 0 Å². The summed E-state index contributed by atoms with van der Waals surface area (Å²) in [5.74, 6) is -0.464. The highest BCUT2D eigenvalue weighted by molar-refractivity contribution is 14.1. The first-order chi connectivity index (χ1) is 9.11. The van der Waals surface area contributed by atoms with Crippen LogP contribution in [-0.4, -0.2) is 7.05 Å². The smallest absolute Gasteiger partial charge is 0.126 e. The number of likely N-dealkylation sites (N-methyl/N-ethyl adjacent to an activating group) is 1. The van der Waals surface area contributed by atoms with Crippen molar-refractivity contribution in [2.24, 2.45) is 0 Å². The molecule has 0 aromatic heterocycles. The number of rotatable bonds is 4. The molecule has 2 rings (SSSR count). The summed E-state index contributed by atoms with van der Waals surface area (Å²) in [6.45, 7) is 0. The molecule has 2 aromatic rings. The van der Waals surface area contributed by atoms with Crippen LogP contribution >= 0.6 is 22.6 Å².